The van der Waals surface area contributed by atoms with Crippen LogP contribution in [0.3, 0.4) is 0 Å². The maximum Gasteiger partial charge on any atom is 0.265 e. The predicted octanol–water partition coefficient (Wildman–Crippen LogP) is 4.44. The molecule has 0 fully saturated rings. The number of carbonyl (C=O) groups excluding carboxylic acids is 1. The number of rotatable bonds is 7. The van der Waals surface area contributed by atoms with Crippen LogP contribution in [-0.4, -0.2) is 18.6 Å². The Hall–Kier alpha value is -2.49. The van der Waals surface area contributed by atoms with Crippen LogP contribution in [0.15, 0.2) is 48.5 Å². The maximum absolute atomic E-state index is 12.2. The third-order valence-electron chi connectivity index (χ3n) is 3.38. The van der Waals surface area contributed by atoms with Crippen LogP contribution >= 0.6 is 0 Å². The Morgan fingerprint density at radius 1 is 1.04 bits per heavy atom. The number of ether oxygens (including phenoxy) is 2. The summed E-state index contributed by atoms with van der Waals surface area (Å²) in [5.41, 5.74) is 1.81. The molecule has 0 aliphatic rings. The first-order chi connectivity index (χ1) is 11.4. The van der Waals surface area contributed by atoms with E-state index in [1.165, 1.54) is 0 Å². The molecule has 2 aromatic rings. The zero-order valence-electron chi connectivity index (χ0n) is 14.7. The van der Waals surface area contributed by atoms with E-state index in [1.54, 1.807) is 6.92 Å². The lowest BCUT2D eigenvalue weighted by molar-refractivity contribution is -0.122. The quantitative estimate of drug-likeness (QED) is 0.818. The molecule has 0 bridgehead atoms. The summed E-state index contributed by atoms with van der Waals surface area (Å²) in [6.45, 7) is 8.60. The molecule has 2 rings (SSSR count). The number of hydrogen-bond donors (Lipinski definition) is 1. The molecular formula is C20H25NO3. The minimum Gasteiger partial charge on any atom is -0.493 e. The Kier molecular flexibility index (Phi) is 6.24. The molecule has 0 aliphatic heterocycles. The zero-order chi connectivity index (χ0) is 17.5. The molecule has 0 aromatic heterocycles. The molecule has 24 heavy (non-hydrogen) atoms. The number of anilines is 1. The molecule has 0 spiro atoms. The Morgan fingerprint density at radius 3 is 2.38 bits per heavy atom. The Balaban J connectivity index is 1.89. The number of aryl methyl sites for hydroxylation is 1. The van der Waals surface area contributed by atoms with Crippen LogP contribution in [-0.2, 0) is 4.79 Å². The van der Waals surface area contributed by atoms with Gasteiger partial charge in [0.1, 0.15) is 11.5 Å². The van der Waals surface area contributed by atoms with Gasteiger partial charge in [-0.05, 0) is 61.7 Å². The molecule has 1 N–H and O–H groups in total. The van der Waals surface area contributed by atoms with E-state index in [2.05, 4.69) is 19.2 Å². The highest BCUT2D eigenvalue weighted by Crippen LogP contribution is 2.18. The molecule has 1 atom stereocenters. The summed E-state index contributed by atoms with van der Waals surface area (Å²) in [4.78, 5) is 12.2. The lowest BCUT2D eigenvalue weighted by Gasteiger charge is -2.15. The molecule has 4 heteroatoms. The van der Waals surface area contributed by atoms with Gasteiger partial charge in [0.2, 0.25) is 0 Å². The minimum absolute atomic E-state index is 0.188. The molecular weight excluding hydrogens is 302 g/mol. The Morgan fingerprint density at radius 2 is 1.75 bits per heavy atom. The van der Waals surface area contributed by atoms with E-state index in [0.29, 0.717) is 18.3 Å². The van der Waals surface area contributed by atoms with Crippen molar-refractivity contribution >= 4 is 11.6 Å². The number of amides is 1. The first kappa shape index (κ1) is 17.9. The van der Waals surface area contributed by atoms with Crippen molar-refractivity contribution in [1.82, 2.24) is 0 Å². The van der Waals surface area contributed by atoms with Gasteiger partial charge in [0.05, 0.1) is 6.61 Å². The van der Waals surface area contributed by atoms with Crippen LogP contribution < -0.4 is 14.8 Å². The summed E-state index contributed by atoms with van der Waals surface area (Å²) in [6.07, 6.45) is -0.580. The van der Waals surface area contributed by atoms with Crippen LogP contribution in [0.4, 0.5) is 5.69 Å². The fourth-order valence-corrected chi connectivity index (χ4v) is 2.09. The molecule has 1 amide bonds. The second-order valence-electron chi connectivity index (χ2n) is 6.30. The average molecular weight is 327 g/mol. The number of hydrogen-bond acceptors (Lipinski definition) is 3. The van der Waals surface area contributed by atoms with Crippen LogP contribution in [0, 0.1) is 12.8 Å². The van der Waals surface area contributed by atoms with Crippen molar-refractivity contribution in [2.75, 3.05) is 11.9 Å². The smallest absolute Gasteiger partial charge is 0.265 e. The predicted molar refractivity (Wildman–Crippen MR) is 96.7 cm³/mol. The van der Waals surface area contributed by atoms with Gasteiger partial charge in [0.15, 0.2) is 6.10 Å². The first-order valence-corrected chi connectivity index (χ1v) is 8.21. The number of carbonyl (C=O) groups is 1. The third kappa shape index (κ3) is 5.61. The van der Waals surface area contributed by atoms with Gasteiger partial charge in [0.25, 0.3) is 5.91 Å². The summed E-state index contributed by atoms with van der Waals surface area (Å²) in [5.74, 6) is 1.78. The van der Waals surface area contributed by atoms with Crippen molar-refractivity contribution in [2.24, 2.45) is 5.92 Å². The van der Waals surface area contributed by atoms with Gasteiger partial charge in [-0.25, -0.2) is 0 Å². The highest BCUT2D eigenvalue weighted by molar-refractivity contribution is 5.94. The van der Waals surface area contributed by atoms with Crippen molar-refractivity contribution in [2.45, 2.75) is 33.8 Å². The SMILES string of the molecule is Cc1cccc(O[C@H](C)C(=O)Nc2ccc(OCC(C)C)cc2)c1. The summed E-state index contributed by atoms with van der Waals surface area (Å²) < 4.78 is 11.3. The van der Waals surface area contributed by atoms with E-state index < -0.39 is 6.10 Å². The van der Waals surface area contributed by atoms with Crippen molar-refractivity contribution in [3.63, 3.8) is 0 Å². The fourth-order valence-electron chi connectivity index (χ4n) is 2.09. The van der Waals surface area contributed by atoms with Gasteiger partial charge in [-0.1, -0.05) is 26.0 Å². The van der Waals surface area contributed by atoms with E-state index in [9.17, 15) is 4.79 Å². The largest absolute Gasteiger partial charge is 0.493 e. The van der Waals surface area contributed by atoms with E-state index in [4.69, 9.17) is 9.47 Å². The fraction of sp³-hybridized carbons (Fsp3) is 0.350. The molecule has 128 valence electrons. The van der Waals surface area contributed by atoms with Crippen LogP contribution in [0.25, 0.3) is 0 Å². The van der Waals surface area contributed by atoms with Crippen LogP contribution in [0.1, 0.15) is 26.3 Å². The van der Waals surface area contributed by atoms with E-state index >= 15 is 0 Å². The topological polar surface area (TPSA) is 47.6 Å². The highest BCUT2D eigenvalue weighted by Gasteiger charge is 2.15. The average Bonchev–Trinajstić information content (AvgIpc) is 2.54. The molecule has 4 nitrogen and oxygen atoms in total. The molecule has 2 aromatic carbocycles. The third-order valence-corrected chi connectivity index (χ3v) is 3.38. The monoisotopic (exact) mass is 327 g/mol. The van der Waals surface area contributed by atoms with Crippen LogP contribution in [0.5, 0.6) is 11.5 Å². The van der Waals surface area contributed by atoms with E-state index in [0.717, 1.165) is 17.0 Å². The standard InChI is InChI=1S/C20H25NO3/c1-14(2)13-23-18-10-8-17(9-11-18)21-20(22)16(4)24-19-7-5-6-15(3)12-19/h5-12,14,16H,13H2,1-4H3,(H,21,22)/t16-/m1/s1. The van der Waals surface area contributed by atoms with Crippen molar-refractivity contribution in [3.05, 3.63) is 54.1 Å². The normalized spacial score (nSPS) is 11.9. The summed E-state index contributed by atoms with van der Waals surface area (Å²) >= 11 is 0. The molecule has 0 heterocycles. The molecule has 0 saturated heterocycles. The van der Waals surface area contributed by atoms with Crippen molar-refractivity contribution in [1.29, 1.82) is 0 Å². The summed E-state index contributed by atoms with van der Waals surface area (Å²) in [7, 11) is 0. The lowest BCUT2D eigenvalue weighted by Crippen LogP contribution is -2.30. The van der Waals surface area contributed by atoms with Crippen LogP contribution in [0.2, 0.25) is 0 Å². The first-order valence-electron chi connectivity index (χ1n) is 8.21. The van der Waals surface area contributed by atoms with Gasteiger partial charge in [-0.3, -0.25) is 4.79 Å². The van der Waals surface area contributed by atoms with Gasteiger partial charge in [0, 0.05) is 5.69 Å². The molecule has 0 radical (unpaired) electrons. The number of benzene rings is 2. The Labute approximate surface area is 143 Å². The van der Waals surface area contributed by atoms with E-state index in [1.807, 2.05) is 55.5 Å². The molecule has 0 aliphatic carbocycles. The molecule has 0 unspecified atom stereocenters. The van der Waals surface area contributed by atoms with E-state index in [-0.39, 0.29) is 5.91 Å². The maximum atomic E-state index is 12.2. The minimum atomic E-state index is -0.580. The number of nitrogens with one attached hydrogen (secondary N) is 1. The summed E-state index contributed by atoms with van der Waals surface area (Å²) in [6, 6.07) is 15.0. The van der Waals surface area contributed by atoms with Gasteiger partial charge < -0.3 is 14.8 Å². The van der Waals surface area contributed by atoms with Gasteiger partial charge >= 0.3 is 0 Å². The van der Waals surface area contributed by atoms with Gasteiger partial charge in [-0.15, -0.1) is 0 Å². The second-order valence-corrected chi connectivity index (χ2v) is 6.30. The Bertz CT molecular complexity index is 665. The zero-order valence-corrected chi connectivity index (χ0v) is 14.7. The van der Waals surface area contributed by atoms with Crippen molar-refractivity contribution in [3.8, 4) is 11.5 Å². The summed E-state index contributed by atoms with van der Waals surface area (Å²) in [5, 5.41) is 2.85. The molecule has 0 saturated carbocycles. The highest BCUT2D eigenvalue weighted by atomic mass is 16.5. The second kappa shape index (κ2) is 8.39. The lowest BCUT2D eigenvalue weighted by atomic mass is 10.2. The van der Waals surface area contributed by atoms with Crippen molar-refractivity contribution < 1.29 is 14.3 Å². The van der Waals surface area contributed by atoms with Gasteiger partial charge in [-0.2, -0.15) is 0 Å².